The molecule has 3 heteroatoms. The summed E-state index contributed by atoms with van der Waals surface area (Å²) >= 11 is 5.75. The summed E-state index contributed by atoms with van der Waals surface area (Å²) in [5.41, 5.74) is 3.51. The van der Waals surface area contributed by atoms with Crippen molar-refractivity contribution in [2.24, 2.45) is 0 Å². The van der Waals surface area contributed by atoms with Crippen LogP contribution in [0.25, 0.3) is 0 Å². The summed E-state index contributed by atoms with van der Waals surface area (Å²) in [6.45, 7) is 0. The quantitative estimate of drug-likeness (QED) is 0.338. The van der Waals surface area contributed by atoms with E-state index in [4.69, 9.17) is 12.6 Å². The first-order valence-corrected chi connectivity index (χ1v) is 10.6. The summed E-state index contributed by atoms with van der Waals surface area (Å²) in [4.78, 5) is 1.06. The van der Waals surface area contributed by atoms with E-state index in [-0.39, 0.29) is 17.1 Å². The fraction of sp³-hybridized carbons (Fsp3) is 0.182. The molecule has 0 N–H and O–H groups in total. The Morgan fingerprint density at radius 3 is 1.96 bits per heavy atom. The number of hydrogen-bond acceptors (Lipinski definition) is 1. The SMILES string of the molecule is [Cu+].[S-]c1cccc2c1C([PH+](c1ccccc1)c1ccccc1)CCC2. The Kier molecular flexibility index (Phi) is 6.31. The van der Waals surface area contributed by atoms with Crippen LogP contribution in [0.2, 0.25) is 0 Å². The molecule has 1 aliphatic rings. The van der Waals surface area contributed by atoms with Gasteiger partial charge in [-0.2, -0.15) is 4.90 Å². The molecule has 0 bridgehead atoms. The van der Waals surface area contributed by atoms with Crippen LogP contribution in [0.15, 0.2) is 83.8 Å². The number of hydrogen-bond donors (Lipinski definition) is 0. The molecule has 25 heavy (non-hydrogen) atoms. The zero-order valence-electron chi connectivity index (χ0n) is 13.9. The molecule has 1 unspecified atom stereocenters. The van der Waals surface area contributed by atoms with Crippen molar-refractivity contribution in [2.75, 3.05) is 0 Å². The van der Waals surface area contributed by atoms with Crippen LogP contribution in [-0.4, -0.2) is 0 Å². The van der Waals surface area contributed by atoms with Gasteiger partial charge in [0.15, 0.2) is 0 Å². The van der Waals surface area contributed by atoms with Gasteiger partial charge in [0, 0.05) is 0 Å². The van der Waals surface area contributed by atoms with Crippen molar-refractivity contribution in [3.05, 3.63) is 90.0 Å². The topological polar surface area (TPSA) is 0 Å². The van der Waals surface area contributed by atoms with Gasteiger partial charge >= 0.3 is 17.1 Å². The minimum absolute atomic E-state index is 0. The van der Waals surface area contributed by atoms with Crippen molar-refractivity contribution in [1.82, 2.24) is 0 Å². The Morgan fingerprint density at radius 1 is 0.760 bits per heavy atom. The van der Waals surface area contributed by atoms with Gasteiger partial charge in [-0.3, -0.25) is 0 Å². The van der Waals surface area contributed by atoms with Crippen molar-refractivity contribution < 1.29 is 17.1 Å². The van der Waals surface area contributed by atoms with Crippen LogP contribution in [0.1, 0.15) is 29.6 Å². The average Bonchev–Trinajstić information content (AvgIpc) is 2.64. The molecule has 0 heterocycles. The van der Waals surface area contributed by atoms with Gasteiger partial charge in [-0.25, -0.2) is 0 Å². The third kappa shape index (κ3) is 3.83. The van der Waals surface area contributed by atoms with Crippen molar-refractivity contribution in [3.8, 4) is 0 Å². The Hall–Kier alpha value is -1.17. The zero-order valence-corrected chi connectivity index (χ0v) is 16.7. The molecule has 0 fully saturated rings. The molecule has 4 rings (SSSR count). The molecule has 130 valence electrons. The normalized spacial score (nSPS) is 16.1. The van der Waals surface area contributed by atoms with Gasteiger partial charge < -0.3 is 12.6 Å². The maximum atomic E-state index is 5.75. The van der Waals surface area contributed by atoms with E-state index >= 15 is 0 Å². The Balaban J connectivity index is 0.00000182. The first-order valence-electron chi connectivity index (χ1n) is 8.61. The summed E-state index contributed by atoms with van der Waals surface area (Å²) < 4.78 is 0. The molecule has 3 aromatic carbocycles. The smallest absolute Gasteiger partial charge is 0.779 e. The summed E-state index contributed by atoms with van der Waals surface area (Å²) in [6, 6.07) is 28.7. The number of rotatable bonds is 3. The van der Waals surface area contributed by atoms with E-state index in [0.717, 1.165) is 4.90 Å². The van der Waals surface area contributed by atoms with E-state index in [1.807, 2.05) is 0 Å². The fourth-order valence-corrected chi connectivity index (χ4v) is 7.76. The third-order valence-electron chi connectivity index (χ3n) is 4.96. The van der Waals surface area contributed by atoms with Gasteiger partial charge in [-0.15, -0.1) is 0 Å². The largest absolute Gasteiger partial charge is 1.00 e. The summed E-state index contributed by atoms with van der Waals surface area (Å²) in [6.07, 6.45) is 3.69. The maximum absolute atomic E-state index is 5.75. The monoisotopic (exact) mass is 411 g/mol. The molecule has 3 aromatic rings. The average molecular weight is 412 g/mol. The second-order valence-electron chi connectivity index (χ2n) is 6.42. The van der Waals surface area contributed by atoms with Gasteiger partial charge in [0.05, 0.1) is 18.5 Å². The van der Waals surface area contributed by atoms with Gasteiger partial charge in [0.25, 0.3) is 0 Å². The Bertz CT molecular complexity index is 780. The molecule has 0 radical (unpaired) electrons. The van der Waals surface area contributed by atoms with Gasteiger partial charge in [0.2, 0.25) is 0 Å². The van der Waals surface area contributed by atoms with Crippen LogP contribution in [0, 0.1) is 0 Å². The molecular formula is C22H21CuPS+. The van der Waals surface area contributed by atoms with Gasteiger partial charge in [0.1, 0.15) is 5.66 Å². The first kappa shape index (κ1) is 18.6. The molecular weight excluding hydrogens is 391 g/mol. The summed E-state index contributed by atoms with van der Waals surface area (Å²) in [5, 5.41) is 2.98. The van der Waals surface area contributed by atoms with E-state index in [9.17, 15) is 0 Å². The van der Waals surface area contributed by atoms with Crippen molar-refractivity contribution >= 4 is 31.2 Å². The van der Waals surface area contributed by atoms with E-state index in [2.05, 4.69) is 78.9 Å². The molecule has 0 amide bonds. The number of fused-ring (bicyclic) bond motifs is 1. The first-order chi connectivity index (χ1) is 11.8. The van der Waals surface area contributed by atoms with Crippen LogP contribution in [0.5, 0.6) is 0 Å². The van der Waals surface area contributed by atoms with Crippen LogP contribution in [0.4, 0.5) is 0 Å². The second kappa shape index (κ2) is 8.47. The van der Waals surface area contributed by atoms with Crippen LogP contribution < -0.4 is 10.6 Å². The molecule has 0 saturated heterocycles. The summed E-state index contributed by atoms with van der Waals surface area (Å²) in [7, 11) is -0.901. The van der Waals surface area contributed by atoms with E-state index < -0.39 is 7.92 Å². The minimum Gasteiger partial charge on any atom is -0.779 e. The molecule has 0 nitrogen and oxygen atoms in total. The molecule has 0 aromatic heterocycles. The number of benzene rings is 3. The molecule has 0 saturated carbocycles. The zero-order chi connectivity index (χ0) is 16.4. The Morgan fingerprint density at radius 2 is 1.36 bits per heavy atom. The molecule has 0 aliphatic heterocycles. The Labute approximate surface area is 167 Å². The van der Waals surface area contributed by atoms with Crippen molar-refractivity contribution in [2.45, 2.75) is 29.8 Å². The number of aryl methyl sites for hydroxylation is 1. The second-order valence-corrected chi connectivity index (χ2v) is 9.54. The van der Waals surface area contributed by atoms with Crippen molar-refractivity contribution in [3.63, 3.8) is 0 Å². The van der Waals surface area contributed by atoms with E-state index in [0.29, 0.717) is 5.66 Å². The van der Waals surface area contributed by atoms with E-state index in [1.54, 1.807) is 0 Å². The maximum Gasteiger partial charge on any atom is 1.00 e. The fourth-order valence-electron chi connectivity index (χ4n) is 3.94. The predicted octanol–water partition coefficient (Wildman–Crippen LogP) is 4.83. The van der Waals surface area contributed by atoms with E-state index in [1.165, 1.54) is 41.0 Å². The van der Waals surface area contributed by atoms with Crippen LogP contribution in [0.3, 0.4) is 0 Å². The molecule has 0 spiro atoms. The van der Waals surface area contributed by atoms with Crippen LogP contribution >= 0.6 is 7.92 Å². The molecule has 1 atom stereocenters. The molecule has 1 aliphatic carbocycles. The minimum atomic E-state index is -0.901. The standard InChI is InChI=1S/C22H21PS.Cu/c24-21-16-8-10-17-9-7-15-20(22(17)21)23(18-11-3-1-4-12-18)19-13-5-2-6-14-19;/h1-6,8,10-14,16,20,24H,7,9,15H2;/q;+1. The summed E-state index contributed by atoms with van der Waals surface area (Å²) in [5.74, 6) is 0. The third-order valence-corrected chi connectivity index (χ3v) is 8.50. The van der Waals surface area contributed by atoms with Crippen molar-refractivity contribution in [1.29, 1.82) is 0 Å². The van der Waals surface area contributed by atoms with Gasteiger partial charge in [-0.1, -0.05) is 54.6 Å². The van der Waals surface area contributed by atoms with Gasteiger partial charge in [-0.05, 0) is 54.7 Å². The predicted molar refractivity (Wildman–Crippen MR) is 108 cm³/mol. The van der Waals surface area contributed by atoms with Crippen LogP contribution in [-0.2, 0) is 36.1 Å².